The third-order valence-corrected chi connectivity index (χ3v) is 5.23. The van der Waals surface area contributed by atoms with Crippen LogP contribution in [-0.4, -0.2) is 29.1 Å². The third kappa shape index (κ3) is 4.65. The highest BCUT2D eigenvalue weighted by atomic mass is 35.5. The molecule has 0 saturated carbocycles. The molecule has 1 amide bonds. The molecule has 1 aliphatic rings. The molecule has 0 radical (unpaired) electrons. The summed E-state index contributed by atoms with van der Waals surface area (Å²) in [6.45, 7) is 1.86. The zero-order valence-electron chi connectivity index (χ0n) is 14.4. The molecule has 0 aromatic heterocycles. The number of benzene rings is 2. The van der Waals surface area contributed by atoms with Crippen molar-refractivity contribution in [3.8, 4) is 5.75 Å². The number of carbonyl (C=O) groups is 1. The molecular weight excluding hydrogens is 370 g/mol. The third-order valence-electron chi connectivity index (χ3n) is 3.91. The van der Waals surface area contributed by atoms with Crippen LogP contribution in [0.15, 0.2) is 58.7 Å². The molecule has 1 N–H and O–H groups in total. The molecule has 0 spiro atoms. The van der Waals surface area contributed by atoms with Gasteiger partial charge in [0.05, 0.1) is 18.1 Å². The maximum absolute atomic E-state index is 12.2. The second-order valence-electron chi connectivity index (χ2n) is 5.75. The number of methoxy groups -OCH3 is 1. The van der Waals surface area contributed by atoms with E-state index in [1.165, 1.54) is 11.8 Å². The van der Waals surface area contributed by atoms with Gasteiger partial charge in [0, 0.05) is 5.02 Å². The summed E-state index contributed by atoms with van der Waals surface area (Å²) in [5.74, 6) is 0.746. The topological polar surface area (TPSA) is 63.1 Å². The molecule has 0 aliphatic carbocycles. The number of ether oxygens (including phenoxy) is 1. The Balaban J connectivity index is 1.65. The van der Waals surface area contributed by atoms with Crippen LogP contribution < -0.4 is 10.1 Å². The first-order chi connectivity index (χ1) is 12.5. The lowest BCUT2D eigenvalue weighted by molar-refractivity contribution is -0.118. The Bertz CT molecular complexity index is 848. The number of halogens is 1. The number of carbonyl (C=O) groups excluding carboxylic acids is 1. The van der Waals surface area contributed by atoms with E-state index in [1.807, 2.05) is 43.3 Å². The molecule has 134 valence electrons. The number of amides is 1. The van der Waals surface area contributed by atoms with Crippen LogP contribution in [0.4, 0.5) is 0 Å². The molecule has 26 heavy (non-hydrogen) atoms. The first kappa shape index (κ1) is 18.5. The van der Waals surface area contributed by atoms with Gasteiger partial charge in [-0.3, -0.25) is 4.79 Å². The Kier molecular flexibility index (Phi) is 5.96. The first-order valence-corrected chi connectivity index (χ1v) is 9.29. The minimum absolute atomic E-state index is 0.0519. The van der Waals surface area contributed by atoms with Gasteiger partial charge in [-0.05, 0) is 48.7 Å². The molecule has 1 atom stereocenters. The predicted molar refractivity (Wildman–Crippen MR) is 107 cm³/mol. The summed E-state index contributed by atoms with van der Waals surface area (Å²) in [5.41, 5.74) is 2.76. The molecule has 7 heteroatoms. The van der Waals surface area contributed by atoms with Crippen molar-refractivity contribution in [1.82, 2.24) is 5.32 Å². The smallest absolute Gasteiger partial charge is 0.239 e. The zero-order valence-corrected chi connectivity index (χ0v) is 16.0. The van der Waals surface area contributed by atoms with Gasteiger partial charge in [-0.25, -0.2) is 0 Å². The van der Waals surface area contributed by atoms with E-state index in [-0.39, 0.29) is 11.2 Å². The molecule has 1 fully saturated rings. The number of nitrogens with zero attached hydrogens (tertiary/aromatic N) is 2. The van der Waals surface area contributed by atoms with Gasteiger partial charge >= 0.3 is 0 Å². The molecular formula is C19H18ClN3O2S. The van der Waals surface area contributed by atoms with Gasteiger partial charge in [0.1, 0.15) is 5.75 Å². The van der Waals surface area contributed by atoms with Crippen molar-refractivity contribution < 1.29 is 9.53 Å². The highest BCUT2D eigenvalue weighted by Crippen LogP contribution is 2.24. The van der Waals surface area contributed by atoms with E-state index in [9.17, 15) is 4.79 Å². The Morgan fingerprint density at radius 1 is 1.19 bits per heavy atom. The quantitative estimate of drug-likeness (QED) is 0.625. The van der Waals surface area contributed by atoms with E-state index < -0.39 is 0 Å². The summed E-state index contributed by atoms with van der Waals surface area (Å²) in [5, 5.41) is 12.1. The van der Waals surface area contributed by atoms with Crippen molar-refractivity contribution in [3.05, 3.63) is 64.7 Å². The number of amidine groups is 1. The van der Waals surface area contributed by atoms with Crippen LogP contribution in [0.25, 0.3) is 0 Å². The van der Waals surface area contributed by atoms with Crippen LogP contribution in [0.3, 0.4) is 0 Å². The van der Waals surface area contributed by atoms with Gasteiger partial charge in [0.15, 0.2) is 5.17 Å². The van der Waals surface area contributed by atoms with E-state index >= 15 is 0 Å². The van der Waals surface area contributed by atoms with Gasteiger partial charge in [0.2, 0.25) is 5.91 Å². The van der Waals surface area contributed by atoms with E-state index in [0.29, 0.717) is 16.6 Å². The fourth-order valence-corrected chi connectivity index (χ4v) is 3.52. The lowest BCUT2D eigenvalue weighted by atomic mass is 10.1. The monoisotopic (exact) mass is 387 g/mol. The van der Waals surface area contributed by atoms with Gasteiger partial charge in [-0.15, -0.1) is 5.10 Å². The average molecular weight is 388 g/mol. The number of hydrogen-bond acceptors (Lipinski definition) is 5. The molecule has 1 saturated heterocycles. The summed E-state index contributed by atoms with van der Waals surface area (Å²) >= 11 is 7.28. The fraction of sp³-hybridized carbons (Fsp3) is 0.211. The average Bonchev–Trinajstić information content (AvgIpc) is 3.00. The number of nitrogens with one attached hydrogen (secondary N) is 1. The Labute approximate surface area is 161 Å². The largest absolute Gasteiger partial charge is 0.497 e. The summed E-state index contributed by atoms with van der Waals surface area (Å²) in [6.07, 6.45) is 0.624. The number of thioether (sulfide) groups is 1. The highest BCUT2D eigenvalue weighted by molar-refractivity contribution is 8.15. The molecule has 2 aromatic rings. The van der Waals surface area contributed by atoms with Crippen molar-refractivity contribution in [1.29, 1.82) is 0 Å². The predicted octanol–water partition coefficient (Wildman–Crippen LogP) is 3.90. The summed E-state index contributed by atoms with van der Waals surface area (Å²) < 4.78 is 5.15. The minimum Gasteiger partial charge on any atom is -0.497 e. The van der Waals surface area contributed by atoms with Crippen LogP contribution in [0, 0.1) is 0 Å². The SMILES string of the molecule is COc1ccc(CC2S/C(=N\N=C(C)c3ccc(Cl)cc3)NC2=O)cc1. The summed E-state index contributed by atoms with van der Waals surface area (Å²) in [6, 6.07) is 15.1. The van der Waals surface area contributed by atoms with Crippen molar-refractivity contribution in [3.63, 3.8) is 0 Å². The Morgan fingerprint density at radius 3 is 2.54 bits per heavy atom. The van der Waals surface area contributed by atoms with Gasteiger partial charge in [-0.2, -0.15) is 5.10 Å². The van der Waals surface area contributed by atoms with Crippen molar-refractivity contribution in [2.24, 2.45) is 10.2 Å². The standard InChI is InChI=1S/C19H18ClN3O2S/c1-12(14-5-7-15(20)8-6-14)22-23-19-21-18(24)17(26-19)11-13-3-9-16(25-2)10-4-13/h3-10,17H,11H2,1-2H3,(H,21,23,24). The Morgan fingerprint density at radius 2 is 1.88 bits per heavy atom. The number of rotatable bonds is 5. The van der Waals surface area contributed by atoms with Gasteiger partial charge in [-0.1, -0.05) is 47.6 Å². The second-order valence-corrected chi connectivity index (χ2v) is 7.37. The maximum Gasteiger partial charge on any atom is 0.239 e. The second kappa shape index (κ2) is 8.38. The minimum atomic E-state index is -0.215. The maximum atomic E-state index is 12.2. The van der Waals surface area contributed by atoms with Crippen LogP contribution in [0.1, 0.15) is 18.1 Å². The fourth-order valence-electron chi connectivity index (χ4n) is 2.43. The lowest BCUT2D eigenvalue weighted by Gasteiger charge is -2.06. The van der Waals surface area contributed by atoms with Crippen molar-refractivity contribution in [2.75, 3.05) is 7.11 Å². The van der Waals surface area contributed by atoms with Crippen LogP contribution in [0.2, 0.25) is 5.02 Å². The van der Waals surface area contributed by atoms with E-state index in [2.05, 4.69) is 15.5 Å². The molecule has 2 aromatic carbocycles. The Hall–Kier alpha value is -2.31. The molecule has 1 unspecified atom stereocenters. The van der Waals surface area contributed by atoms with Gasteiger partial charge in [0.25, 0.3) is 0 Å². The molecule has 5 nitrogen and oxygen atoms in total. The van der Waals surface area contributed by atoms with Crippen LogP contribution in [0.5, 0.6) is 5.75 Å². The number of hydrogen-bond donors (Lipinski definition) is 1. The zero-order chi connectivity index (χ0) is 18.5. The van der Waals surface area contributed by atoms with Crippen LogP contribution >= 0.6 is 23.4 Å². The van der Waals surface area contributed by atoms with E-state index in [1.54, 1.807) is 19.2 Å². The van der Waals surface area contributed by atoms with Crippen molar-refractivity contribution >= 4 is 40.1 Å². The lowest BCUT2D eigenvalue weighted by Crippen LogP contribution is -2.25. The van der Waals surface area contributed by atoms with Crippen LogP contribution in [-0.2, 0) is 11.2 Å². The molecule has 3 rings (SSSR count). The molecule has 1 heterocycles. The highest BCUT2D eigenvalue weighted by Gasteiger charge is 2.30. The van der Waals surface area contributed by atoms with Crippen molar-refractivity contribution in [2.45, 2.75) is 18.6 Å². The molecule has 0 bridgehead atoms. The summed E-state index contributed by atoms with van der Waals surface area (Å²) in [7, 11) is 1.63. The normalized spacial score (nSPS) is 18.9. The van der Waals surface area contributed by atoms with E-state index in [0.717, 1.165) is 22.6 Å². The molecule has 1 aliphatic heterocycles. The summed E-state index contributed by atoms with van der Waals surface area (Å²) in [4.78, 5) is 12.2. The van der Waals surface area contributed by atoms with E-state index in [4.69, 9.17) is 16.3 Å². The first-order valence-electron chi connectivity index (χ1n) is 8.04. The van der Waals surface area contributed by atoms with Gasteiger partial charge < -0.3 is 10.1 Å².